The van der Waals surface area contributed by atoms with Gasteiger partial charge in [0, 0.05) is 24.2 Å². The van der Waals surface area contributed by atoms with Crippen molar-refractivity contribution in [3.63, 3.8) is 0 Å². The zero-order chi connectivity index (χ0) is 26.5. The molecule has 0 saturated carbocycles. The molecule has 2 aromatic rings. The molecule has 1 aliphatic heterocycles. The van der Waals surface area contributed by atoms with Crippen molar-refractivity contribution < 1.29 is 14.4 Å². The van der Waals surface area contributed by atoms with Gasteiger partial charge in [-0.3, -0.25) is 19.3 Å². The summed E-state index contributed by atoms with van der Waals surface area (Å²) in [5, 5.41) is 2.82. The van der Waals surface area contributed by atoms with Gasteiger partial charge in [-0.2, -0.15) is 0 Å². The predicted molar refractivity (Wildman–Crippen MR) is 142 cm³/mol. The highest BCUT2D eigenvalue weighted by Gasteiger charge is 2.44. The van der Waals surface area contributed by atoms with E-state index in [-0.39, 0.29) is 30.2 Å². The number of rotatable bonds is 10. The summed E-state index contributed by atoms with van der Waals surface area (Å²) < 4.78 is 0. The molecular weight excluding hydrogens is 454 g/mol. The lowest BCUT2D eigenvalue weighted by molar-refractivity contribution is -0.130. The smallest absolute Gasteiger partial charge is 0.259 e. The lowest BCUT2D eigenvalue weighted by atomic mass is 10.0. The summed E-state index contributed by atoms with van der Waals surface area (Å²) in [6, 6.07) is 13.0. The maximum atomic E-state index is 13.2. The van der Waals surface area contributed by atoms with E-state index in [0.717, 1.165) is 29.5 Å². The molecule has 2 aromatic carbocycles. The van der Waals surface area contributed by atoms with Gasteiger partial charge in [-0.15, -0.1) is 0 Å². The summed E-state index contributed by atoms with van der Waals surface area (Å²) >= 11 is 0. The summed E-state index contributed by atoms with van der Waals surface area (Å²) in [5.41, 5.74) is 8.60. The van der Waals surface area contributed by atoms with Crippen LogP contribution in [0.5, 0.6) is 0 Å². The fourth-order valence-corrected chi connectivity index (χ4v) is 4.45. The van der Waals surface area contributed by atoms with E-state index in [1.165, 1.54) is 4.90 Å². The van der Waals surface area contributed by atoms with Gasteiger partial charge in [-0.1, -0.05) is 43.7 Å². The second kappa shape index (κ2) is 11.4. The Kier molecular flexibility index (Phi) is 8.50. The van der Waals surface area contributed by atoms with Crippen LogP contribution in [-0.4, -0.2) is 58.7 Å². The van der Waals surface area contributed by atoms with E-state index in [1.54, 1.807) is 25.1 Å². The van der Waals surface area contributed by atoms with Gasteiger partial charge in [-0.25, -0.2) is 4.99 Å². The van der Waals surface area contributed by atoms with E-state index < -0.39 is 5.54 Å². The van der Waals surface area contributed by atoms with Gasteiger partial charge in [0.05, 0.1) is 13.1 Å². The lowest BCUT2D eigenvalue weighted by Gasteiger charge is -2.23. The predicted octanol–water partition coefficient (Wildman–Crippen LogP) is 3.41. The van der Waals surface area contributed by atoms with Crippen LogP contribution >= 0.6 is 0 Å². The molecule has 0 saturated heterocycles. The molecule has 0 radical (unpaired) electrons. The molecule has 1 unspecified atom stereocenters. The number of nitrogens with one attached hydrogen (secondary N) is 1. The quantitative estimate of drug-likeness (QED) is 0.531. The Morgan fingerprint density at radius 2 is 1.69 bits per heavy atom. The third kappa shape index (κ3) is 6.11. The Bertz CT molecular complexity index is 1170. The number of nitrogens with two attached hydrogens (primary N) is 1. The number of hydrogen-bond donors (Lipinski definition) is 2. The van der Waals surface area contributed by atoms with Crippen LogP contribution in [0.1, 0.15) is 71.0 Å². The molecule has 3 amide bonds. The second-order valence-corrected chi connectivity index (χ2v) is 9.69. The van der Waals surface area contributed by atoms with Crippen LogP contribution in [0.15, 0.2) is 47.5 Å². The molecule has 1 heterocycles. The molecule has 8 heteroatoms. The van der Waals surface area contributed by atoms with Crippen molar-refractivity contribution in [1.82, 2.24) is 15.1 Å². The number of guanidine groups is 1. The van der Waals surface area contributed by atoms with Crippen LogP contribution in [-0.2, 0) is 11.3 Å². The van der Waals surface area contributed by atoms with Crippen LogP contribution in [0.25, 0.3) is 0 Å². The molecule has 192 valence electrons. The molecule has 0 fully saturated rings. The number of carbonyl (C=O) groups excluding carboxylic acids is 3. The third-order valence-corrected chi connectivity index (χ3v) is 6.22. The van der Waals surface area contributed by atoms with Crippen molar-refractivity contribution in [3.8, 4) is 0 Å². The van der Waals surface area contributed by atoms with E-state index in [1.807, 2.05) is 56.9 Å². The fraction of sp³-hybridized carbons (Fsp3) is 0.429. The Morgan fingerprint density at radius 1 is 1.03 bits per heavy atom. The SMILES string of the molecule is CCCN(CCC)C(=O)c1cc(C)cc(C(=O)NCC2(C)N=C(N)N(Cc3cccc(C)c3)C2=O)c1. The average molecular weight is 492 g/mol. The summed E-state index contributed by atoms with van der Waals surface area (Å²) in [6.45, 7) is 11.2. The number of hydrogen-bond acceptors (Lipinski definition) is 5. The highest BCUT2D eigenvalue weighted by atomic mass is 16.2. The first kappa shape index (κ1) is 26.9. The van der Waals surface area contributed by atoms with Gasteiger partial charge < -0.3 is 16.0 Å². The molecule has 36 heavy (non-hydrogen) atoms. The van der Waals surface area contributed by atoms with Gasteiger partial charge in [0.25, 0.3) is 17.7 Å². The van der Waals surface area contributed by atoms with Gasteiger partial charge in [-0.05, 0) is 62.9 Å². The van der Waals surface area contributed by atoms with Crippen LogP contribution < -0.4 is 11.1 Å². The first-order valence-corrected chi connectivity index (χ1v) is 12.5. The number of carbonyl (C=O) groups is 3. The molecule has 0 bridgehead atoms. The van der Waals surface area contributed by atoms with Crippen molar-refractivity contribution >= 4 is 23.7 Å². The summed E-state index contributed by atoms with van der Waals surface area (Å²) in [4.78, 5) is 47.0. The first-order valence-electron chi connectivity index (χ1n) is 12.5. The zero-order valence-corrected chi connectivity index (χ0v) is 21.9. The number of benzene rings is 2. The van der Waals surface area contributed by atoms with Gasteiger partial charge in [0.15, 0.2) is 11.5 Å². The van der Waals surface area contributed by atoms with E-state index in [2.05, 4.69) is 10.3 Å². The average Bonchev–Trinajstić information content (AvgIpc) is 3.04. The van der Waals surface area contributed by atoms with Crippen LogP contribution in [0.4, 0.5) is 0 Å². The van der Waals surface area contributed by atoms with Crippen molar-refractivity contribution in [2.45, 2.75) is 59.5 Å². The maximum Gasteiger partial charge on any atom is 0.259 e. The van der Waals surface area contributed by atoms with Crippen molar-refractivity contribution in [1.29, 1.82) is 0 Å². The number of aryl methyl sites for hydroxylation is 2. The Hall–Kier alpha value is -3.68. The monoisotopic (exact) mass is 491 g/mol. The van der Waals surface area contributed by atoms with E-state index in [4.69, 9.17) is 5.73 Å². The van der Waals surface area contributed by atoms with Gasteiger partial charge in [0.2, 0.25) is 0 Å². The minimum atomic E-state index is -1.20. The number of amides is 3. The molecule has 3 rings (SSSR count). The van der Waals surface area contributed by atoms with Gasteiger partial charge in [0.1, 0.15) is 0 Å². The molecule has 0 aromatic heterocycles. The third-order valence-electron chi connectivity index (χ3n) is 6.22. The standard InChI is InChI=1S/C28H37N5O3/c1-6-11-32(12-7-2)25(35)23-15-20(4)14-22(16-23)24(34)30-18-28(5)26(36)33(27(29)31-28)17-21-10-8-9-19(3)13-21/h8-10,13-16H,6-7,11-12,17-18H2,1-5H3,(H2,29,31)(H,30,34). The zero-order valence-electron chi connectivity index (χ0n) is 21.9. The topological polar surface area (TPSA) is 108 Å². The van der Waals surface area contributed by atoms with Crippen LogP contribution in [0.2, 0.25) is 0 Å². The van der Waals surface area contributed by atoms with Crippen LogP contribution in [0.3, 0.4) is 0 Å². The molecule has 0 spiro atoms. The molecule has 8 nitrogen and oxygen atoms in total. The Balaban J connectivity index is 1.71. The van der Waals surface area contributed by atoms with Crippen molar-refractivity contribution in [2.24, 2.45) is 10.7 Å². The Morgan fingerprint density at radius 3 is 2.33 bits per heavy atom. The first-order chi connectivity index (χ1) is 17.1. The highest BCUT2D eigenvalue weighted by Crippen LogP contribution is 2.23. The summed E-state index contributed by atoms with van der Waals surface area (Å²) in [6.07, 6.45) is 1.73. The molecular formula is C28H37N5O3. The lowest BCUT2D eigenvalue weighted by Crippen LogP contribution is -2.48. The molecule has 1 aliphatic rings. The maximum absolute atomic E-state index is 13.2. The normalized spacial score (nSPS) is 17.2. The minimum Gasteiger partial charge on any atom is -0.369 e. The van der Waals surface area contributed by atoms with Gasteiger partial charge >= 0.3 is 0 Å². The molecule has 0 aliphatic carbocycles. The fourth-order valence-electron chi connectivity index (χ4n) is 4.45. The minimum absolute atomic E-state index is 0.00923. The number of aliphatic imine (C=N–C) groups is 1. The highest BCUT2D eigenvalue weighted by molar-refractivity contribution is 6.07. The van der Waals surface area contributed by atoms with Crippen LogP contribution in [0, 0.1) is 13.8 Å². The van der Waals surface area contributed by atoms with E-state index >= 15 is 0 Å². The largest absolute Gasteiger partial charge is 0.369 e. The molecule has 1 atom stereocenters. The second-order valence-electron chi connectivity index (χ2n) is 9.69. The summed E-state index contributed by atoms with van der Waals surface area (Å²) in [5.74, 6) is -0.589. The molecule has 3 N–H and O–H groups in total. The van der Waals surface area contributed by atoms with Crippen molar-refractivity contribution in [3.05, 3.63) is 70.3 Å². The van der Waals surface area contributed by atoms with Crippen molar-refractivity contribution in [2.75, 3.05) is 19.6 Å². The Labute approximate surface area is 213 Å². The summed E-state index contributed by atoms with van der Waals surface area (Å²) in [7, 11) is 0. The van der Waals surface area contributed by atoms with E-state index in [0.29, 0.717) is 30.8 Å². The van der Waals surface area contributed by atoms with E-state index in [9.17, 15) is 14.4 Å². The number of nitrogens with zero attached hydrogens (tertiary/aromatic N) is 3.